The summed E-state index contributed by atoms with van der Waals surface area (Å²) in [6.07, 6.45) is 1.72. The highest BCUT2D eigenvalue weighted by molar-refractivity contribution is 7.11. The number of hydrogen-bond donors (Lipinski definition) is 1. The summed E-state index contributed by atoms with van der Waals surface area (Å²) in [5, 5.41) is 0.950. The lowest BCUT2D eigenvalue weighted by Crippen LogP contribution is -2.10. The fourth-order valence-electron chi connectivity index (χ4n) is 1.69. The van der Waals surface area contributed by atoms with Crippen LogP contribution in [0.5, 0.6) is 0 Å². The first kappa shape index (κ1) is 12.6. The molecule has 96 valence electrons. The minimum absolute atomic E-state index is 0.392. The zero-order valence-electron chi connectivity index (χ0n) is 10.6. The first-order chi connectivity index (χ1) is 8.51. The number of hydrogen-bond acceptors (Lipinski definition) is 5. The van der Waals surface area contributed by atoms with Crippen LogP contribution >= 0.6 is 11.3 Å². The number of nitrogen functional groups attached to an aromatic ring is 1. The molecular weight excluding hydrogens is 250 g/mol. The number of aryl methyl sites for hydroxylation is 2. The molecule has 2 aromatic heterocycles. The summed E-state index contributed by atoms with van der Waals surface area (Å²) < 4.78 is 6.49. The van der Waals surface area contributed by atoms with E-state index in [9.17, 15) is 4.79 Å². The number of ether oxygens (including phenoxy) is 1. The van der Waals surface area contributed by atoms with Crippen molar-refractivity contribution in [3.63, 3.8) is 0 Å². The molecule has 0 saturated heterocycles. The molecule has 0 amide bonds. The first-order valence-corrected chi connectivity index (χ1v) is 6.29. The first-order valence-electron chi connectivity index (χ1n) is 5.48. The predicted octanol–water partition coefficient (Wildman–Crippen LogP) is 1.98. The quantitative estimate of drug-likeness (QED) is 0.861. The van der Waals surface area contributed by atoms with Gasteiger partial charge in [0.25, 0.3) is 0 Å². The largest absolute Gasteiger partial charge is 0.464 e. The summed E-state index contributed by atoms with van der Waals surface area (Å²) in [5.74, 6) is -0.392. The Morgan fingerprint density at radius 2 is 2.28 bits per heavy atom. The van der Waals surface area contributed by atoms with Crippen LogP contribution in [0, 0.1) is 13.8 Å². The third-order valence-corrected chi connectivity index (χ3v) is 3.75. The van der Waals surface area contributed by atoms with Crippen molar-refractivity contribution in [1.82, 2.24) is 9.55 Å². The summed E-state index contributed by atoms with van der Waals surface area (Å²) in [7, 11) is 1.35. The third kappa shape index (κ3) is 2.38. The minimum atomic E-state index is -0.392. The minimum Gasteiger partial charge on any atom is -0.464 e. The van der Waals surface area contributed by atoms with Gasteiger partial charge in [0.2, 0.25) is 0 Å². The van der Waals surface area contributed by atoms with Crippen LogP contribution in [0.1, 0.15) is 26.1 Å². The average Bonchev–Trinajstić information content (AvgIpc) is 2.82. The van der Waals surface area contributed by atoms with Crippen molar-refractivity contribution >= 4 is 23.0 Å². The smallest absolute Gasteiger partial charge is 0.354 e. The standard InChI is InChI=1S/C12H15N3O2S/c1-7-8(2)18-11(14-7)6-15-5-9(13)4-10(15)12(16)17-3/h4-5H,6,13H2,1-3H3. The van der Waals surface area contributed by atoms with Crippen LogP contribution in [0.25, 0.3) is 0 Å². The molecule has 0 radical (unpaired) electrons. The van der Waals surface area contributed by atoms with Gasteiger partial charge in [-0.15, -0.1) is 11.3 Å². The number of nitrogens with zero attached hydrogens (tertiary/aromatic N) is 2. The molecule has 2 heterocycles. The van der Waals surface area contributed by atoms with Crippen LogP contribution in [0.3, 0.4) is 0 Å². The van der Waals surface area contributed by atoms with E-state index in [1.54, 1.807) is 28.2 Å². The van der Waals surface area contributed by atoms with E-state index >= 15 is 0 Å². The van der Waals surface area contributed by atoms with Crippen LogP contribution in [-0.4, -0.2) is 22.6 Å². The van der Waals surface area contributed by atoms with Gasteiger partial charge >= 0.3 is 5.97 Å². The van der Waals surface area contributed by atoms with Gasteiger partial charge in [0.05, 0.1) is 25.0 Å². The van der Waals surface area contributed by atoms with Crippen LogP contribution in [0.4, 0.5) is 5.69 Å². The van der Waals surface area contributed by atoms with E-state index in [2.05, 4.69) is 4.98 Å². The van der Waals surface area contributed by atoms with Crippen molar-refractivity contribution in [3.8, 4) is 0 Å². The fraction of sp³-hybridized carbons (Fsp3) is 0.333. The lowest BCUT2D eigenvalue weighted by Gasteiger charge is -2.04. The van der Waals surface area contributed by atoms with E-state index in [1.807, 2.05) is 13.8 Å². The molecule has 0 saturated carbocycles. The summed E-state index contributed by atoms with van der Waals surface area (Å²) in [4.78, 5) is 17.2. The number of anilines is 1. The van der Waals surface area contributed by atoms with Crippen LogP contribution in [0.2, 0.25) is 0 Å². The lowest BCUT2D eigenvalue weighted by molar-refractivity contribution is 0.0589. The number of carbonyl (C=O) groups is 1. The van der Waals surface area contributed by atoms with Gasteiger partial charge in [0.1, 0.15) is 10.7 Å². The van der Waals surface area contributed by atoms with Crippen molar-refractivity contribution in [2.45, 2.75) is 20.4 Å². The normalized spacial score (nSPS) is 10.6. The van der Waals surface area contributed by atoms with Gasteiger partial charge in [-0.05, 0) is 19.9 Å². The molecule has 0 aliphatic carbocycles. The number of nitrogens with two attached hydrogens (primary N) is 1. The molecule has 0 bridgehead atoms. The highest BCUT2D eigenvalue weighted by Crippen LogP contribution is 2.20. The Labute approximate surface area is 109 Å². The van der Waals surface area contributed by atoms with E-state index in [0.29, 0.717) is 17.9 Å². The molecule has 2 aromatic rings. The zero-order chi connectivity index (χ0) is 13.3. The summed E-state index contributed by atoms with van der Waals surface area (Å²) in [5.41, 5.74) is 7.72. The van der Waals surface area contributed by atoms with Crippen LogP contribution < -0.4 is 5.73 Å². The van der Waals surface area contributed by atoms with Gasteiger partial charge < -0.3 is 15.0 Å². The second-order valence-electron chi connectivity index (χ2n) is 4.03. The van der Waals surface area contributed by atoms with E-state index < -0.39 is 5.97 Å². The van der Waals surface area contributed by atoms with E-state index in [0.717, 1.165) is 10.7 Å². The Morgan fingerprint density at radius 3 is 2.83 bits per heavy atom. The maximum atomic E-state index is 11.6. The van der Waals surface area contributed by atoms with Crippen molar-refractivity contribution in [2.75, 3.05) is 12.8 Å². The molecule has 0 aromatic carbocycles. The number of esters is 1. The number of methoxy groups -OCH3 is 1. The molecule has 0 atom stereocenters. The number of thiazole rings is 1. The molecule has 0 aliphatic rings. The second kappa shape index (κ2) is 4.81. The third-order valence-electron chi connectivity index (χ3n) is 2.69. The molecule has 2 N–H and O–H groups in total. The van der Waals surface area contributed by atoms with Crippen molar-refractivity contribution in [3.05, 3.63) is 33.5 Å². The molecule has 2 rings (SSSR count). The van der Waals surface area contributed by atoms with Gasteiger partial charge in [-0.3, -0.25) is 0 Å². The Bertz CT molecular complexity index is 567. The molecule has 0 fully saturated rings. The van der Waals surface area contributed by atoms with Crippen LogP contribution in [0.15, 0.2) is 12.3 Å². The van der Waals surface area contributed by atoms with Gasteiger partial charge in [-0.1, -0.05) is 0 Å². The molecule has 0 unspecified atom stereocenters. The maximum absolute atomic E-state index is 11.6. The van der Waals surface area contributed by atoms with E-state index in [1.165, 1.54) is 12.0 Å². The van der Waals surface area contributed by atoms with Gasteiger partial charge in [-0.2, -0.15) is 0 Å². The molecular formula is C12H15N3O2S. The fourth-order valence-corrected chi connectivity index (χ4v) is 2.62. The number of rotatable bonds is 3. The molecule has 18 heavy (non-hydrogen) atoms. The maximum Gasteiger partial charge on any atom is 0.354 e. The molecule has 0 aliphatic heterocycles. The summed E-state index contributed by atoms with van der Waals surface area (Å²) in [6.45, 7) is 4.53. The van der Waals surface area contributed by atoms with E-state index in [-0.39, 0.29) is 0 Å². The molecule has 6 heteroatoms. The van der Waals surface area contributed by atoms with Gasteiger partial charge in [0, 0.05) is 11.1 Å². The number of aromatic nitrogens is 2. The Balaban J connectivity index is 2.31. The van der Waals surface area contributed by atoms with Crippen molar-refractivity contribution in [1.29, 1.82) is 0 Å². The van der Waals surface area contributed by atoms with Crippen molar-refractivity contribution in [2.24, 2.45) is 0 Å². The Morgan fingerprint density at radius 1 is 1.56 bits per heavy atom. The Hall–Kier alpha value is -1.82. The lowest BCUT2D eigenvalue weighted by atomic mass is 10.4. The van der Waals surface area contributed by atoms with Gasteiger partial charge in [0.15, 0.2) is 0 Å². The highest BCUT2D eigenvalue weighted by Gasteiger charge is 2.14. The number of carbonyl (C=O) groups excluding carboxylic acids is 1. The van der Waals surface area contributed by atoms with Crippen molar-refractivity contribution < 1.29 is 9.53 Å². The van der Waals surface area contributed by atoms with Gasteiger partial charge in [-0.25, -0.2) is 9.78 Å². The molecule has 5 nitrogen and oxygen atoms in total. The second-order valence-corrected chi connectivity index (χ2v) is 5.32. The summed E-state index contributed by atoms with van der Waals surface area (Å²) >= 11 is 1.62. The van der Waals surface area contributed by atoms with E-state index in [4.69, 9.17) is 10.5 Å². The monoisotopic (exact) mass is 265 g/mol. The molecule has 0 spiro atoms. The SMILES string of the molecule is COC(=O)c1cc(N)cn1Cc1nc(C)c(C)s1. The predicted molar refractivity (Wildman–Crippen MR) is 70.9 cm³/mol. The topological polar surface area (TPSA) is 70.1 Å². The Kier molecular flexibility index (Phi) is 3.38. The average molecular weight is 265 g/mol. The summed E-state index contributed by atoms with van der Waals surface area (Å²) in [6, 6.07) is 1.61. The highest BCUT2D eigenvalue weighted by atomic mass is 32.1. The van der Waals surface area contributed by atoms with Crippen LogP contribution in [-0.2, 0) is 11.3 Å². The zero-order valence-corrected chi connectivity index (χ0v) is 11.4.